The van der Waals surface area contributed by atoms with Crippen LogP contribution in [-0.4, -0.2) is 42.5 Å². The fourth-order valence-corrected chi connectivity index (χ4v) is 3.47. The molecule has 1 aromatic carbocycles. The lowest BCUT2D eigenvalue weighted by Gasteiger charge is -2.54. The number of rotatable bonds is 3. The molecule has 98 valence electrons. The predicted octanol–water partition coefficient (Wildman–Crippen LogP) is 2.60. The van der Waals surface area contributed by atoms with Crippen LogP contribution < -0.4 is 0 Å². The van der Waals surface area contributed by atoms with Gasteiger partial charge in [-0.25, -0.2) is 0 Å². The fraction of sp³-hybridized carbons (Fsp3) is 0.625. The molecule has 2 heteroatoms. The van der Waals surface area contributed by atoms with Crippen molar-refractivity contribution in [1.82, 2.24) is 9.80 Å². The Morgan fingerprint density at radius 2 is 1.67 bits per heavy atom. The molecule has 0 bridgehead atoms. The highest BCUT2D eigenvalue weighted by Gasteiger charge is 2.43. The van der Waals surface area contributed by atoms with Crippen LogP contribution in [0, 0.1) is 5.41 Å². The SMILES string of the molecule is CCN1CC2(CCN(Cc3ccccc3)CC2)C1. The average molecular weight is 244 g/mol. The highest BCUT2D eigenvalue weighted by Crippen LogP contribution is 2.40. The highest BCUT2D eigenvalue weighted by atomic mass is 15.2. The second kappa shape index (κ2) is 5.02. The van der Waals surface area contributed by atoms with E-state index in [-0.39, 0.29) is 0 Å². The van der Waals surface area contributed by atoms with Gasteiger partial charge in [-0.2, -0.15) is 0 Å². The van der Waals surface area contributed by atoms with Gasteiger partial charge in [0.15, 0.2) is 0 Å². The number of hydrogen-bond acceptors (Lipinski definition) is 2. The number of likely N-dealkylation sites (tertiary alicyclic amines) is 2. The minimum Gasteiger partial charge on any atom is -0.302 e. The van der Waals surface area contributed by atoms with Crippen LogP contribution in [-0.2, 0) is 6.54 Å². The number of benzene rings is 1. The number of piperidine rings is 1. The van der Waals surface area contributed by atoms with E-state index < -0.39 is 0 Å². The molecule has 0 aromatic heterocycles. The summed E-state index contributed by atoms with van der Waals surface area (Å²) in [6.07, 6.45) is 2.80. The van der Waals surface area contributed by atoms with Gasteiger partial charge in [-0.3, -0.25) is 4.90 Å². The Balaban J connectivity index is 1.49. The van der Waals surface area contributed by atoms with Gasteiger partial charge >= 0.3 is 0 Å². The molecule has 2 saturated heterocycles. The van der Waals surface area contributed by atoms with Crippen LogP contribution in [0.25, 0.3) is 0 Å². The van der Waals surface area contributed by atoms with Crippen molar-refractivity contribution in [2.24, 2.45) is 5.41 Å². The monoisotopic (exact) mass is 244 g/mol. The smallest absolute Gasteiger partial charge is 0.0233 e. The maximum absolute atomic E-state index is 2.62. The Hall–Kier alpha value is -0.860. The number of nitrogens with zero attached hydrogens (tertiary/aromatic N) is 2. The molecular formula is C16H24N2. The van der Waals surface area contributed by atoms with Gasteiger partial charge in [0, 0.05) is 19.6 Å². The molecule has 0 N–H and O–H groups in total. The van der Waals surface area contributed by atoms with E-state index in [0.717, 1.165) is 6.54 Å². The molecule has 0 amide bonds. The lowest BCUT2D eigenvalue weighted by atomic mass is 9.72. The first-order valence-electron chi connectivity index (χ1n) is 7.28. The summed E-state index contributed by atoms with van der Waals surface area (Å²) in [7, 11) is 0. The van der Waals surface area contributed by atoms with Crippen LogP contribution in [0.2, 0.25) is 0 Å². The predicted molar refractivity (Wildman–Crippen MR) is 75.5 cm³/mol. The van der Waals surface area contributed by atoms with E-state index in [4.69, 9.17) is 0 Å². The topological polar surface area (TPSA) is 6.48 Å². The molecule has 18 heavy (non-hydrogen) atoms. The fourth-order valence-electron chi connectivity index (χ4n) is 3.47. The normalized spacial score (nSPS) is 24.1. The zero-order valence-electron chi connectivity index (χ0n) is 11.4. The van der Waals surface area contributed by atoms with Crippen molar-refractivity contribution >= 4 is 0 Å². The van der Waals surface area contributed by atoms with Crippen molar-refractivity contribution < 1.29 is 0 Å². The lowest BCUT2D eigenvalue weighted by Crippen LogP contribution is -2.59. The van der Waals surface area contributed by atoms with Crippen LogP contribution >= 0.6 is 0 Å². The van der Waals surface area contributed by atoms with Crippen molar-refractivity contribution in [3.8, 4) is 0 Å². The van der Waals surface area contributed by atoms with Gasteiger partial charge in [-0.15, -0.1) is 0 Å². The van der Waals surface area contributed by atoms with Crippen LogP contribution in [0.5, 0.6) is 0 Å². The molecule has 2 fully saturated rings. The third-order valence-corrected chi connectivity index (χ3v) is 4.73. The van der Waals surface area contributed by atoms with Crippen molar-refractivity contribution in [2.75, 3.05) is 32.7 Å². The molecule has 3 rings (SSSR count). The second-order valence-corrected chi connectivity index (χ2v) is 6.07. The molecule has 0 atom stereocenters. The zero-order valence-corrected chi connectivity index (χ0v) is 11.4. The Kier molecular flexibility index (Phi) is 3.40. The molecule has 0 unspecified atom stereocenters. The third kappa shape index (κ3) is 2.45. The maximum Gasteiger partial charge on any atom is 0.0233 e. The molecule has 0 saturated carbocycles. The van der Waals surface area contributed by atoms with Crippen molar-refractivity contribution in [2.45, 2.75) is 26.3 Å². The number of hydrogen-bond donors (Lipinski definition) is 0. The van der Waals surface area contributed by atoms with E-state index >= 15 is 0 Å². The summed E-state index contributed by atoms with van der Waals surface area (Å²) in [5.41, 5.74) is 2.14. The lowest BCUT2D eigenvalue weighted by molar-refractivity contribution is -0.0447. The Morgan fingerprint density at radius 1 is 1.00 bits per heavy atom. The Morgan fingerprint density at radius 3 is 2.28 bits per heavy atom. The van der Waals surface area contributed by atoms with Crippen molar-refractivity contribution in [3.05, 3.63) is 35.9 Å². The van der Waals surface area contributed by atoms with E-state index in [9.17, 15) is 0 Å². The summed E-state index contributed by atoms with van der Waals surface area (Å²) in [6, 6.07) is 10.9. The molecule has 0 aliphatic carbocycles. The van der Waals surface area contributed by atoms with Crippen molar-refractivity contribution in [1.29, 1.82) is 0 Å². The van der Waals surface area contributed by atoms with Crippen molar-refractivity contribution in [3.63, 3.8) is 0 Å². The van der Waals surface area contributed by atoms with E-state index in [2.05, 4.69) is 47.1 Å². The highest BCUT2D eigenvalue weighted by molar-refractivity contribution is 5.14. The summed E-state index contributed by atoms with van der Waals surface area (Å²) in [5.74, 6) is 0. The third-order valence-electron chi connectivity index (χ3n) is 4.73. The maximum atomic E-state index is 2.62. The van der Waals surface area contributed by atoms with E-state index in [1.807, 2.05) is 0 Å². The first-order valence-corrected chi connectivity index (χ1v) is 7.28. The zero-order chi connectivity index (χ0) is 12.4. The standard InChI is InChI=1S/C16H24N2/c1-2-17-13-16(14-17)8-10-18(11-9-16)12-15-6-4-3-5-7-15/h3-7H,2,8-14H2,1H3. The quantitative estimate of drug-likeness (QED) is 0.806. The van der Waals surface area contributed by atoms with Gasteiger partial charge in [-0.05, 0) is 43.5 Å². The van der Waals surface area contributed by atoms with Crippen LogP contribution in [0.1, 0.15) is 25.3 Å². The van der Waals surface area contributed by atoms with Gasteiger partial charge in [0.2, 0.25) is 0 Å². The van der Waals surface area contributed by atoms with E-state index in [1.54, 1.807) is 0 Å². The minimum absolute atomic E-state index is 0.684. The first-order chi connectivity index (χ1) is 8.80. The van der Waals surface area contributed by atoms with Gasteiger partial charge in [0.1, 0.15) is 0 Å². The van der Waals surface area contributed by atoms with E-state index in [1.165, 1.54) is 51.1 Å². The van der Waals surface area contributed by atoms with Gasteiger partial charge in [0.05, 0.1) is 0 Å². The summed E-state index contributed by atoms with van der Waals surface area (Å²) in [5, 5.41) is 0. The Labute approximate surface area is 111 Å². The molecule has 2 aliphatic rings. The first kappa shape index (κ1) is 12.2. The molecule has 2 heterocycles. The molecule has 1 aromatic rings. The van der Waals surface area contributed by atoms with Crippen LogP contribution in [0.4, 0.5) is 0 Å². The summed E-state index contributed by atoms with van der Waals surface area (Å²) in [4.78, 5) is 5.20. The summed E-state index contributed by atoms with van der Waals surface area (Å²) < 4.78 is 0. The average Bonchev–Trinajstić information content (AvgIpc) is 2.38. The summed E-state index contributed by atoms with van der Waals surface area (Å²) >= 11 is 0. The molecule has 1 spiro atoms. The summed E-state index contributed by atoms with van der Waals surface area (Å²) in [6.45, 7) is 9.91. The molecule has 2 nitrogen and oxygen atoms in total. The van der Waals surface area contributed by atoms with Crippen LogP contribution in [0.3, 0.4) is 0 Å². The van der Waals surface area contributed by atoms with Crippen LogP contribution in [0.15, 0.2) is 30.3 Å². The molecular weight excluding hydrogens is 220 g/mol. The van der Waals surface area contributed by atoms with Gasteiger partial charge in [0.25, 0.3) is 0 Å². The largest absolute Gasteiger partial charge is 0.302 e. The van der Waals surface area contributed by atoms with Gasteiger partial charge in [-0.1, -0.05) is 37.3 Å². The molecule has 0 radical (unpaired) electrons. The van der Waals surface area contributed by atoms with E-state index in [0.29, 0.717) is 5.41 Å². The molecule has 2 aliphatic heterocycles. The van der Waals surface area contributed by atoms with Gasteiger partial charge < -0.3 is 4.90 Å². The Bertz CT molecular complexity index is 371. The second-order valence-electron chi connectivity index (χ2n) is 6.07. The minimum atomic E-state index is 0.684.